The summed E-state index contributed by atoms with van der Waals surface area (Å²) in [7, 11) is 0. The number of carbonyl (C=O) groups is 1. The van der Waals surface area contributed by atoms with E-state index in [2.05, 4.69) is 5.32 Å². The van der Waals surface area contributed by atoms with Crippen LogP contribution >= 0.6 is 11.6 Å². The molecule has 0 spiro atoms. The molecule has 3 aromatic rings. The van der Waals surface area contributed by atoms with E-state index in [1.54, 1.807) is 36.4 Å². The Hall–Kier alpha value is -2.72. The van der Waals surface area contributed by atoms with Crippen LogP contribution in [0.15, 0.2) is 71.1 Å². The Labute approximate surface area is 145 Å². The molecule has 0 atom stereocenters. The number of furan rings is 1. The molecule has 0 unspecified atom stereocenters. The zero-order chi connectivity index (χ0) is 16.8. The fourth-order valence-electron chi connectivity index (χ4n) is 2.13. The van der Waals surface area contributed by atoms with Gasteiger partial charge < -0.3 is 14.5 Å². The molecule has 1 aromatic heterocycles. The van der Waals surface area contributed by atoms with E-state index in [1.807, 2.05) is 30.3 Å². The fourth-order valence-corrected chi connectivity index (χ4v) is 2.25. The van der Waals surface area contributed by atoms with Crippen molar-refractivity contribution in [1.82, 2.24) is 5.32 Å². The van der Waals surface area contributed by atoms with Crippen molar-refractivity contribution in [2.45, 2.75) is 13.2 Å². The smallest absolute Gasteiger partial charge is 0.287 e. The molecular weight excluding hydrogens is 326 g/mol. The van der Waals surface area contributed by atoms with E-state index in [4.69, 9.17) is 20.8 Å². The summed E-state index contributed by atoms with van der Waals surface area (Å²) in [6.45, 7) is 0.699. The average Bonchev–Trinajstić information content (AvgIpc) is 3.09. The van der Waals surface area contributed by atoms with Gasteiger partial charge >= 0.3 is 0 Å². The standard InChI is InChI=1S/C19H16ClNO3/c20-15-6-8-16(9-7-15)23-13-17-10-11-18(24-17)19(22)21-12-14-4-2-1-3-5-14/h1-11H,12-13H2,(H,21,22). The molecule has 0 fully saturated rings. The van der Waals surface area contributed by atoms with E-state index in [0.29, 0.717) is 23.1 Å². The molecule has 5 heteroatoms. The number of carbonyl (C=O) groups excluding carboxylic acids is 1. The topological polar surface area (TPSA) is 51.5 Å². The molecule has 0 aliphatic heterocycles. The highest BCUT2D eigenvalue weighted by atomic mass is 35.5. The van der Waals surface area contributed by atoms with Crippen molar-refractivity contribution in [2.75, 3.05) is 0 Å². The lowest BCUT2D eigenvalue weighted by molar-refractivity contribution is 0.0919. The molecule has 0 radical (unpaired) electrons. The minimum atomic E-state index is -0.253. The third kappa shape index (κ3) is 4.40. The Bertz CT molecular complexity index is 797. The van der Waals surface area contributed by atoms with Gasteiger partial charge in [0.15, 0.2) is 5.76 Å². The lowest BCUT2D eigenvalue weighted by Gasteiger charge is -2.04. The summed E-state index contributed by atoms with van der Waals surface area (Å²) < 4.78 is 11.1. The predicted molar refractivity (Wildman–Crippen MR) is 92.1 cm³/mol. The van der Waals surface area contributed by atoms with Crippen LogP contribution < -0.4 is 10.1 Å². The van der Waals surface area contributed by atoms with Crippen molar-refractivity contribution in [3.63, 3.8) is 0 Å². The number of nitrogens with one attached hydrogen (secondary N) is 1. The maximum atomic E-state index is 12.1. The maximum absolute atomic E-state index is 12.1. The van der Waals surface area contributed by atoms with Crippen molar-refractivity contribution in [3.8, 4) is 5.75 Å². The second-order valence-electron chi connectivity index (χ2n) is 5.18. The molecule has 0 saturated carbocycles. The van der Waals surface area contributed by atoms with Gasteiger partial charge in [0, 0.05) is 11.6 Å². The number of benzene rings is 2. The summed E-state index contributed by atoms with van der Waals surface area (Å²) in [5.41, 5.74) is 1.03. The van der Waals surface area contributed by atoms with Gasteiger partial charge in [0.05, 0.1) is 0 Å². The van der Waals surface area contributed by atoms with Gasteiger partial charge in [-0.1, -0.05) is 41.9 Å². The molecule has 0 aliphatic rings. The minimum Gasteiger partial charge on any atom is -0.486 e. The van der Waals surface area contributed by atoms with Gasteiger partial charge in [-0.15, -0.1) is 0 Å². The van der Waals surface area contributed by atoms with Crippen LogP contribution in [0.3, 0.4) is 0 Å². The molecule has 2 aromatic carbocycles. The number of rotatable bonds is 6. The Kier molecular flexibility index (Phi) is 5.18. The minimum absolute atomic E-state index is 0.244. The molecule has 122 valence electrons. The highest BCUT2D eigenvalue weighted by Gasteiger charge is 2.11. The van der Waals surface area contributed by atoms with Crippen LogP contribution in [0.25, 0.3) is 0 Å². The molecular formula is C19H16ClNO3. The molecule has 4 nitrogen and oxygen atoms in total. The number of amides is 1. The third-order valence-corrected chi connectivity index (χ3v) is 3.63. The summed E-state index contributed by atoms with van der Waals surface area (Å²) in [6, 6.07) is 20.1. The second-order valence-corrected chi connectivity index (χ2v) is 5.61. The Morgan fingerprint density at radius 2 is 1.75 bits per heavy atom. The van der Waals surface area contributed by atoms with E-state index in [9.17, 15) is 4.79 Å². The molecule has 0 bridgehead atoms. The van der Waals surface area contributed by atoms with Gasteiger partial charge in [-0.3, -0.25) is 4.79 Å². The Balaban J connectivity index is 1.52. The first kappa shape index (κ1) is 16.1. The van der Waals surface area contributed by atoms with Gasteiger partial charge in [-0.25, -0.2) is 0 Å². The normalized spacial score (nSPS) is 10.4. The lowest BCUT2D eigenvalue weighted by atomic mass is 10.2. The Morgan fingerprint density at radius 1 is 1.00 bits per heavy atom. The molecule has 1 N–H and O–H groups in total. The van der Waals surface area contributed by atoms with Crippen molar-refractivity contribution < 1.29 is 13.9 Å². The summed E-state index contributed by atoms with van der Waals surface area (Å²) in [5, 5.41) is 3.47. The SMILES string of the molecule is O=C(NCc1ccccc1)c1ccc(COc2ccc(Cl)cc2)o1. The molecule has 1 heterocycles. The van der Waals surface area contributed by atoms with Crippen LogP contribution in [0.2, 0.25) is 5.02 Å². The molecule has 3 rings (SSSR count). The van der Waals surface area contributed by atoms with Gasteiger partial charge in [0.1, 0.15) is 18.1 Å². The molecule has 0 saturated heterocycles. The monoisotopic (exact) mass is 341 g/mol. The first-order valence-electron chi connectivity index (χ1n) is 7.50. The van der Waals surface area contributed by atoms with Crippen molar-refractivity contribution >= 4 is 17.5 Å². The summed E-state index contributed by atoms with van der Waals surface area (Å²) in [6.07, 6.45) is 0. The predicted octanol–water partition coefficient (Wildman–Crippen LogP) is 4.44. The summed E-state index contributed by atoms with van der Waals surface area (Å²) >= 11 is 5.82. The van der Waals surface area contributed by atoms with Crippen LogP contribution in [0.4, 0.5) is 0 Å². The van der Waals surface area contributed by atoms with Gasteiger partial charge in [-0.2, -0.15) is 0 Å². The number of halogens is 1. The van der Waals surface area contributed by atoms with Crippen LogP contribution in [0.5, 0.6) is 5.75 Å². The van der Waals surface area contributed by atoms with Crippen LogP contribution in [-0.4, -0.2) is 5.91 Å². The van der Waals surface area contributed by atoms with Gasteiger partial charge in [-0.05, 0) is 42.0 Å². The first-order chi connectivity index (χ1) is 11.7. The number of hydrogen-bond donors (Lipinski definition) is 1. The highest BCUT2D eigenvalue weighted by Crippen LogP contribution is 2.17. The van der Waals surface area contributed by atoms with E-state index in [1.165, 1.54) is 0 Å². The van der Waals surface area contributed by atoms with E-state index in [0.717, 1.165) is 5.56 Å². The van der Waals surface area contributed by atoms with Crippen molar-refractivity contribution in [1.29, 1.82) is 0 Å². The van der Waals surface area contributed by atoms with Gasteiger partial charge in [0.2, 0.25) is 0 Å². The molecule has 1 amide bonds. The molecule has 24 heavy (non-hydrogen) atoms. The zero-order valence-corrected chi connectivity index (χ0v) is 13.6. The fraction of sp³-hybridized carbons (Fsp3) is 0.105. The summed E-state index contributed by atoms with van der Waals surface area (Å²) in [4.78, 5) is 12.1. The zero-order valence-electron chi connectivity index (χ0n) is 12.9. The van der Waals surface area contributed by atoms with Crippen molar-refractivity contribution in [2.24, 2.45) is 0 Å². The third-order valence-electron chi connectivity index (χ3n) is 3.38. The van der Waals surface area contributed by atoms with E-state index < -0.39 is 0 Å². The highest BCUT2D eigenvalue weighted by molar-refractivity contribution is 6.30. The Morgan fingerprint density at radius 3 is 2.50 bits per heavy atom. The van der Waals surface area contributed by atoms with E-state index >= 15 is 0 Å². The average molecular weight is 342 g/mol. The van der Waals surface area contributed by atoms with Gasteiger partial charge in [0.25, 0.3) is 5.91 Å². The number of hydrogen-bond acceptors (Lipinski definition) is 3. The number of ether oxygens (including phenoxy) is 1. The van der Waals surface area contributed by atoms with Crippen LogP contribution in [0, 0.1) is 0 Å². The van der Waals surface area contributed by atoms with Crippen molar-refractivity contribution in [3.05, 3.63) is 88.8 Å². The molecule has 0 aliphatic carbocycles. The lowest BCUT2D eigenvalue weighted by Crippen LogP contribution is -2.22. The largest absolute Gasteiger partial charge is 0.486 e. The second kappa shape index (κ2) is 7.70. The summed E-state index contributed by atoms with van der Waals surface area (Å²) in [5.74, 6) is 1.28. The maximum Gasteiger partial charge on any atom is 0.287 e. The van der Waals surface area contributed by atoms with E-state index in [-0.39, 0.29) is 18.3 Å². The first-order valence-corrected chi connectivity index (χ1v) is 7.88. The quantitative estimate of drug-likeness (QED) is 0.721. The van der Waals surface area contributed by atoms with Crippen LogP contribution in [0.1, 0.15) is 21.9 Å². The van der Waals surface area contributed by atoms with Crippen LogP contribution in [-0.2, 0) is 13.2 Å².